The molecule has 2 aliphatic heterocycles. The van der Waals surface area contributed by atoms with Crippen molar-refractivity contribution in [2.45, 2.75) is 51.9 Å². The monoisotopic (exact) mass is 226 g/mol. The van der Waals surface area contributed by atoms with Crippen LogP contribution in [0, 0.1) is 5.92 Å². The van der Waals surface area contributed by atoms with Gasteiger partial charge in [-0.25, -0.2) is 0 Å². The maximum atomic E-state index is 5.86. The largest absolute Gasteiger partial charge is 0.372 e. The number of hydrogen-bond acceptors (Lipinski definition) is 3. The van der Waals surface area contributed by atoms with Crippen molar-refractivity contribution >= 4 is 0 Å². The number of morpholine rings is 1. The lowest BCUT2D eigenvalue weighted by Crippen LogP contribution is -2.50. The average molecular weight is 226 g/mol. The predicted molar refractivity (Wildman–Crippen MR) is 66.6 cm³/mol. The lowest BCUT2D eigenvalue weighted by molar-refractivity contribution is -0.0500. The summed E-state index contributed by atoms with van der Waals surface area (Å²) >= 11 is 0. The fourth-order valence-electron chi connectivity index (χ4n) is 2.72. The van der Waals surface area contributed by atoms with Gasteiger partial charge in [0.05, 0.1) is 12.2 Å². The molecule has 0 aliphatic carbocycles. The van der Waals surface area contributed by atoms with Crippen molar-refractivity contribution < 1.29 is 4.74 Å². The molecule has 0 aromatic carbocycles. The zero-order chi connectivity index (χ0) is 11.5. The Labute approximate surface area is 99.5 Å². The molecule has 94 valence electrons. The molecule has 3 heteroatoms. The van der Waals surface area contributed by atoms with E-state index in [1.165, 1.54) is 12.8 Å². The van der Waals surface area contributed by atoms with Gasteiger partial charge in [0.2, 0.25) is 0 Å². The third-order valence-electron chi connectivity index (χ3n) is 3.69. The van der Waals surface area contributed by atoms with Crippen molar-refractivity contribution in [3.63, 3.8) is 0 Å². The van der Waals surface area contributed by atoms with Gasteiger partial charge in [0.25, 0.3) is 0 Å². The molecule has 0 saturated carbocycles. The van der Waals surface area contributed by atoms with Crippen molar-refractivity contribution in [1.82, 2.24) is 10.2 Å². The van der Waals surface area contributed by atoms with Crippen molar-refractivity contribution in [2.24, 2.45) is 5.92 Å². The Bertz CT molecular complexity index is 208. The van der Waals surface area contributed by atoms with Crippen LogP contribution in [0.25, 0.3) is 0 Å². The second-order valence-electron chi connectivity index (χ2n) is 5.81. The summed E-state index contributed by atoms with van der Waals surface area (Å²) in [5.74, 6) is 0.744. The molecule has 2 fully saturated rings. The van der Waals surface area contributed by atoms with Gasteiger partial charge in [-0.1, -0.05) is 13.8 Å². The maximum Gasteiger partial charge on any atom is 0.0707 e. The molecule has 0 radical (unpaired) electrons. The van der Waals surface area contributed by atoms with Crippen LogP contribution >= 0.6 is 0 Å². The molecule has 3 unspecified atom stereocenters. The van der Waals surface area contributed by atoms with Gasteiger partial charge in [-0.2, -0.15) is 0 Å². The molecular weight excluding hydrogens is 200 g/mol. The molecule has 0 aromatic rings. The first-order chi connectivity index (χ1) is 7.65. The van der Waals surface area contributed by atoms with Crippen molar-refractivity contribution in [2.75, 3.05) is 26.2 Å². The Balaban J connectivity index is 1.70. The molecule has 2 bridgehead atoms. The highest BCUT2D eigenvalue weighted by atomic mass is 16.5. The standard InChI is InChI=1S/C13H26N2O/c1-10(2)6-14-7-11(3)15-8-12-4-5-13(9-15)16-12/h10-14H,4-9H2,1-3H3. The Morgan fingerprint density at radius 1 is 1.12 bits per heavy atom. The van der Waals surface area contributed by atoms with Crippen molar-refractivity contribution in [1.29, 1.82) is 0 Å². The molecule has 2 saturated heterocycles. The number of fused-ring (bicyclic) bond motifs is 2. The first-order valence-corrected chi connectivity index (χ1v) is 6.75. The average Bonchev–Trinajstić information content (AvgIpc) is 2.57. The molecular formula is C13H26N2O. The Hall–Kier alpha value is -0.120. The summed E-state index contributed by atoms with van der Waals surface area (Å²) < 4.78 is 5.86. The highest BCUT2D eigenvalue weighted by Gasteiger charge is 2.35. The SMILES string of the molecule is CC(C)CNCC(C)N1CC2CCC(C1)O2. The summed E-state index contributed by atoms with van der Waals surface area (Å²) in [6.07, 6.45) is 3.58. The molecule has 16 heavy (non-hydrogen) atoms. The maximum absolute atomic E-state index is 5.86. The molecule has 1 N–H and O–H groups in total. The lowest BCUT2D eigenvalue weighted by Gasteiger charge is -2.36. The fraction of sp³-hybridized carbons (Fsp3) is 1.00. The fourth-order valence-corrected chi connectivity index (χ4v) is 2.72. The number of likely N-dealkylation sites (tertiary alicyclic amines) is 1. The zero-order valence-electron chi connectivity index (χ0n) is 10.9. The van der Waals surface area contributed by atoms with E-state index in [1.54, 1.807) is 0 Å². The lowest BCUT2D eigenvalue weighted by atomic mass is 10.2. The van der Waals surface area contributed by atoms with Crippen molar-refractivity contribution in [3.8, 4) is 0 Å². The van der Waals surface area contributed by atoms with Crippen LogP contribution in [0.2, 0.25) is 0 Å². The van der Waals surface area contributed by atoms with E-state index < -0.39 is 0 Å². The van der Waals surface area contributed by atoms with E-state index in [2.05, 4.69) is 31.0 Å². The third-order valence-corrected chi connectivity index (χ3v) is 3.69. The summed E-state index contributed by atoms with van der Waals surface area (Å²) in [7, 11) is 0. The molecule has 3 atom stereocenters. The highest BCUT2D eigenvalue weighted by Crippen LogP contribution is 2.27. The van der Waals surface area contributed by atoms with E-state index in [1.807, 2.05) is 0 Å². The first-order valence-electron chi connectivity index (χ1n) is 6.75. The van der Waals surface area contributed by atoms with Gasteiger partial charge < -0.3 is 10.1 Å². The Morgan fingerprint density at radius 3 is 2.31 bits per heavy atom. The van der Waals surface area contributed by atoms with Gasteiger partial charge >= 0.3 is 0 Å². The van der Waals surface area contributed by atoms with E-state index in [4.69, 9.17) is 4.74 Å². The van der Waals surface area contributed by atoms with Gasteiger partial charge in [-0.3, -0.25) is 4.90 Å². The van der Waals surface area contributed by atoms with Crippen LogP contribution in [0.15, 0.2) is 0 Å². The van der Waals surface area contributed by atoms with E-state index in [9.17, 15) is 0 Å². The first kappa shape index (κ1) is 12.3. The summed E-state index contributed by atoms with van der Waals surface area (Å²) in [6, 6.07) is 0.644. The van der Waals surface area contributed by atoms with E-state index in [0.717, 1.165) is 32.1 Å². The summed E-state index contributed by atoms with van der Waals surface area (Å²) in [5.41, 5.74) is 0. The highest BCUT2D eigenvalue weighted by molar-refractivity contribution is 4.87. The normalized spacial score (nSPS) is 32.2. The summed E-state index contributed by atoms with van der Waals surface area (Å²) in [4.78, 5) is 2.60. The minimum Gasteiger partial charge on any atom is -0.372 e. The van der Waals surface area contributed by atoms with Crippen LogP contribution in [-0.4, -0.2) is 49.3 Å². The second-order valence-corrected chi connectivity index (χ2v) is 5.81. The molecule has 2 heterocycles. The minimum absolute atomic E-state index is 0.520. The quantitative estimate of drug-likeness (QED) is 0.768. The molecule has 3 nitrogen and oxygen atoms in total. The van der Waals surface area contributed by atoms with Crippen LogP contribution in [0.3, 0.4) is 0 Å². The van der Waals surface area contributed by atoms with Gasteiger partial charge in [0, 0.05) is 25.7 Å². The van der Waals surface area contributed by atoms with Crippen molar-refractivity contribution in [3.05, 3.63) is 0 Å². The van der Waals surface area contributed by atoms with Crippen LogP contribution in [0.4, 0.5) is 0 Å². The number of rotatable bonds is 5. The minimum atomic E-state index is 0.520. The molecule has 0 amide bonds. The predicted octanol–water partition coefficient (Wildman–Crippen LogP) is 1.48. The molecule has 2 aliphatic rings. The van der Waals surface area contributed by atoms with Gasteiger partial charge in [0.15, 0.2) is 0 Å². The van der Waals surface area contributed by atoms with Crippen LogP contribution in [0.5, 0.6) is 0 Å². The summed E-state index contributed by atoms with van der Waals surface area (Å²) in [6.45, 7) is 11.4. The van der Waals surface area contributed by atoms with Gasteiger partial charge in [0.1, 0.15) is 0 Å². The number of nitrogens with one attached hydrogen (secondary N) is 1. The molecule has 0 spiro atoms. The van der Waals surface area contributed by atoms with Gasteiger partial charge in [-0.15, -0.1) is 0 Å². The topological polar surface area (TPSA) is 24.5 Å². The van der Waals surface area contributed by atoms with E-state index >= 15 is 0 Å². The number of hydrogen-bond donors (Lipinski definition) is 1. The molecule has 0 aromatic heterocycles. The van der Waals surface area contributed by atoms with E-state index in [0.29, 0.717) is 18.2 Å². The Kier molecular flexibility index (Phi) is 4.22. The molecule has 2 rings (SSSR count). The van der Waals surface area contributed by atoms with Crippen LogP contribution in [-0.2, 0) is 4.74 Å². The summed E-state index contributed by atoms with van der Waals surface area (Å²) in [5, 5.41) is 3.55. The van der Waals surface area contributed by atoms with Crippen LogP contribution < -0.4 is 5.32 Å². The number of ether oxygens (including phenoxy) is 1. The van der Waals surface area contributed by atoms with Gasteiger partial charge in [-0.05, 0) is 32.2 Å². The third kappa shape index (κ3) is 3.19. The smallest absolute Gasteiger partial charge is 0.0707 e. The Morgan fingerprint density at radius 2 is 1.75 bits per heavy atom. The van der Waals surface area contributed by atoms with E-state index in [-0.39, 0.29) is 0 Å². The number of nitrogens with zero attached hydrogens (tertiary/aromatic N) is 1. The zero-order valence-corrected chi connectivity index (χ0v) is 10.9. The van der Waals surface area contributed by atoms with Crippen LogP contribution in [0.1, 0.15) is 33.6 Å². The second kappa shape index (κ2) is 5.48.